The maximum absolute atomic E-state index is 4.97. The van der Waals surface area contributed by atoms with E-state index in [-0.39, 0.29) is 0 Å². The summed E-state index contributed by atoms with van der Waals surface area (Å²) < 4.78 is 2.42. The van der Waals surface area contributed by atoms with Crippen molar-refractivity contribution in [1.29, 1.82) is 0 Å². The summed E-state index contributed by atoms with van der Waals surface area (Å²) in [5, 5.41) is 3.67. The van der Waals surface area contributed by atoms with E-state index >= 15 is 0 Å². The quantitative estimate of drug-likeness (QED) is 0.944. The van der Waals surface area contributed by atoms with Crippen LogP contribution in [0.15, 0.2) is 18.3 Å². The third-order valence-corrected chi connectivity index (χ3v) is 5.98. The highest BCUT2D eigenvalue weighted by atomic mass is 32.2. The van der Waals surface area contributed by atoms with Gasteiger partial charge in [0.15, 0.2) is 5.65 Å². The van der Waals surface area contributed by atoms with Gasteiger partial charge in [0.25, 0.3) is 0 Å². The second-order valence-corrected chi connectivity index (χ2v) is 7.68. The van der Waals surface area contributed by atoms with Gasteiger partial charge in [0, 0.05) is 24.7 Å². The van der Waals surface area contributed by atoms with Gasteiger partial charge in [-0.2, -0.15) is 11.8 Å². The molecule has 2 aromatic rings. The van der Waals surface area contributed by atoms with E-state index in [4.69, 9.17) is 4.98 Å². The van der Waals surface area contributed by atoms with E-state index in [9.17, 15) is 0 Å². The average molecular weight is 316 g/mol. The summed E-state index contributed by atoms with van der Waals surface area (Å²) in [4.78, 5) is 9.59. The van der Waals surface area contributed by atoms with Crippen LogP contribution < -0.4 is 5.32 Å². The third-order valence-electron chi connectivity index (χ3n) is 4.94. The number of fused-ring (bicyclic) bond motifs is 1. The molecule has 2 aliphatic heterocycles. The van der Waals surface area contributed by atoms with E-state index in [2.05, 4.69) is 32.7 Å². The van der Waals surface area contributed by atoms with E-state index in [1.165, 1.54) is 49.4 Å². The Balaban J connectivity index is 1.69. The van der Waals surface area contributed by atoms with Gasteiger partial charge in [0.2, 0.25) is 0 Å². The normalized spacial score (nSPS) is 23.9. The molecule has 1 atom stereocenters. The van der Waals surface area contributed by atoms with E-state index in [1.807, 2.05) is 12.3 Å². The Morgan fingerprint density at radius 3 is 2.95 bits per heavy atom. The molecule has 2 fully saturated rings. The highest BCUT2D eigenvalue weighted by Crippen LogP contribution is 2.32. The zero-order valence-corrected chi connectivity index (χ0v) is 13.8. The van der Waals surface area contributed by atoms with E-state index in [1.54, 1.807) is 0 Å². The van der Waals surface area contributed by atoms with Crippen LogP contribution in [0.25, 0.3) is 11.2 Å². The van der Waals surface area contributed by atoms with Crippen LogP contribution in [0.5, 0.6) is 0 Å². The Labute approximate surface area is 136 Å². The minimum absolute atomic E-state index is 0.574. The molecule has 2 saturated heterocycles. The van der Waals surface area contributed by atoms with Crippen LogP contribution in [-0.4, -0.2) is 38.6 Å². The van der Waals surface area contributed by atoms with Gasteiger partial charge in [-0.1, -0.05) is 6.42 Å². The fourth-order valence-electron chi connectivity index (χ4n) is 3.72. The van der Waals surface area contributed by atoms with Crippen molar-refractivity contribution in [3.63, 3.8) is 0 Å². The van der Waals surface area contributed by atoms with Crippen molar-refractivity contribution >= 4 is 22.9 Å². The Morgan fingerprint density at radius 2 is 2.14 bits per heavy atom. The van der Waals surface area contributed by atoms with Crippen molar-refractivity contribution in [3.8, 4) is 0 Å². The van der Waals surface area contributed by atoms with Crippen molar-refractivity contribution in [2.75, 3.05) is 18.1 Å². The molecular formula is C17H24N4S. The van der Waals surface area contributed by atoms with E-state index in [0.717, 1.165) is 24.3 Å². The number of nitrogens with zero attached hydrogens (tertiary/aromatic N) is 3. The van der Waals surface area contributed by atoms with Gasteiger partial charge in [-0.25, -0.2) is 9.97 Å². The summed E-state index contributed by atoms with van der Waals surface area (Å²) in [6, 6.07) is 4.68. The number of thioether (sulfide) groups is 1. The third kappa shape index (κ3) is 2.88. The predicted molar refractivity (Wildman–Crippen MR) is 92.5 cm³/mol. The van der Waals surface area contributed by atoms with Gasteiger partial charge in [-0.05, 0) is 55.9 Å². The first-order valence-electron chi connectivity index (χ1n) is 8.54. The summed E-state index contributed by atoms with van der Waals surface area (Å²) in [7, 11) is 0. The Kier molecular flexibility index (Phi) is 4.35. The lowest BCUT2D eigenvalue weighted by Gasteiger charge is -2.27. The fourth-order valence-corrected chi connectivity index (χ4v) is 4.83. The number of pyridine rings is 1. The van der Waals surface area contributed by atoms with Gasteiger partial charge >= 0.3 is 0 Å². The molecule has 4 rings (SSSR count). The Bertz CT molecular complexity index is 627. The summed E-state index contributed by atoms with van der Waals surface area (Å²) in [5.74, 6) is 4.42. The zero-order valence-electron chi connectivity index (χ0n) is 13.0. The molecular weight excluding hydrogens is 292 g/mol. The van der Waals surface area contributed by atoms with Crippen LogP contribution in [-0.2, 0) is 6.54 Å². The maximum atomic E-state index is 4.97. The topological polar surface area (TPSA) is 42.7 Å². The molecule has 2 aromatic heterocycles. The number of hydrogen-bond acceptors (Lipinski definition) is 4. The van der Waals surface area contributed by atoms with Crippen molar-refractivity contribution in [2.24, 2.45) is 0 Å². The second-order valence-electron chi connectivity index (χ2n) is 6.46. The zero-order chi connectivity index (χ0) is 14.8. The summed E-state index contributed by atoms with van der Waals surface area (Å²) in [6.45, 7) is 2.17. The SMILES string of the molecule is c1cnc2c(c1)nc(C1CCSCC1)n2CC1CCCCN1. The van der Waals surface area contributed by atoms with Crippen LogP contribution >= 0.6 is 11.8 Å². The molecule has 1 unspecified atom stereocenters. The van der Waals surface area contributed by atoms with Crippen molar-refractivity contribution < 1.29 is 0 Å². The Hall–Kier alpha value is -1.07. The molecule has 0 aromatic carbocycles. The molecule has 4 nitrogen and oxygen atoms in total. The first-order valence-corrected chi connectivity index (χ1v) is 9.69. The van der Waals surface area contributed by atoms with E-state index < -0.39 is 0 Å². The van der Waals surface area contributed by atoms with Crippen LogP contribution in [0.2, 0.25) is 0 Å². The monoisotopic (exact) mass is 316 g/mol. The molecule has 2 aliphatic rings. The van der Waals surface area contributed by atoms with Crippen LogP contribution in [0.1, 0.15) is 43.8 Å². The van der Waals surface area contributed by atoms with Crippen LogP contribution in [0, 0.1) is 0 Å². The van der Waals surface area contributed by atoms with Crippen molar-refractivity contribution in [2.45, 2.75) is 50.6 Å². The molecule has 0 aliphatic carbocycles. The number of piperidine rings is 1. The molecule has 0 amide bonds. The first-order chi connectivity index (χ1) is 10.9. The van der Waals surface area contributed by atoms with Gasteiger partial charge in [0.1, 0.15) is 11.3 Å². The summed E-state index contributed by atoms with van der Waals surface area (Å²) in [6.07, 6.45) is 8.33. The minimum atomic E-state index is 0.574. The van der Waals surface area contributed by atoms with Gasteiger partial charge < -0.3 is 9.88 Å². The average Bonchev–Trinajstić information content (AvgIpc) is 2.95. The minimum Gasteiger partial charge on any atom is -0.312 e. The summed E-state index contributed by atoms with van der Waals surface area (Å²) >= 11 is 2.08. The number of nitrogens with one attached hydrogen (secondary N) is 1. The maximum Gasteiger partial charge on any atom is 0.160 e. The lowest BCUT2D eigenvalue weighted by molar-refractivity contribution is 0.358. The first kappa shape index (κ1) is 14.5. The second kappa shape index (κ2) is 6.59. The number of aromatic nitrogens is 3. The predicted octanol–water partition coefficient (Wildman–Crippen LogP) is 3.18. The Morgan fingerprint density at radius 1 is 1.23 bits per heavy atom. The number of rotatable bonds is 3. The lowest BCUT2D eigenvalue weighted by Crippen LogP contribution is -2.37. The number of hydrogen-bond donors (Lipinski definition) is 1. The van der Waals surface area contributed by atoms with E-state index in [0.29, 0.717) is 12.0 Å². The molecule has 1 N–H and O–H groups in total. The smallest absolute Gasteiger partial charge is 0.160 e. The molecule has 5 heteroatoms. The molecule has 0 radical (unpaired) electrons. The highest BCUT2D eigenvalue weighted by molar-refractivity contribution is 7.99. The largest absolute Gasteiger partial charge is 0.312 e. The molecule has 0 spiro atoms. The lowest BCUT2D eigenvalue weighted by atomic mass is 10.0. The van der Waals surface area contributed by atoms with Crippen LogP contribution in [0.3, 0.4) is 0 Å². The van der Waals surface area contributed by atoms with Gasteiger partial charge in [-0.15, -0.1) is 0 Å². The molecule has 118 valence electrons. The van der Waals surface area contributed by atoms with Crippen molar-refractivity contribution in [3.05, 3.63) is 24.2 Å². The van der Waals surface area contributed by atoms with Gasteiger partial charge in [-0.3, -0.25) is 0 Å². The molecule has 0 saturated carbocycles. The number of imidazole rings is 1. The highest BCUT2D eigenvalue weighted by Gasteiger charge is 2.25. The standard InChI is InChI=1S/C17H24N4S/c1-2-8-18-14(4-1)12-21-16(13-6-10-22-11-7-13)20-15-5-3-9-19-17(15)21/h3,5,9,13-14,18H,1-2,4,6-8,10-12H2. The molecule has 4 heterocycles. The van der Waals surface area contributed by atoms with Crippen LogP contribution in [0.4, 0.5) is 0 Å². The molecule has 22 heavy (non-hydrogen) atoms. The fraction of sp³-hybridized carbons (Fsp3) is 0.647. The van der Waals surface area contributed by atoms with Gasteiger partial charge in [0.05, 0.1) is 0 Å². The van der Waals surface area contributed by atoms with Crippen molar-refractivity contribution in [1.82, 2.24) is 19.9 Å². The summed E-state index contributed by atoms with van der Waals surface area (Å²) in [5.41, 5.74) is 2.13. The molecule has 0 bridgehead atoms.